The van der Waals surface area contributed by atoms with Crippen LogP contribution in [0.5, 0.6) is 0 Å². The van der Waals surface area contributed by atoms with Crippen molar-refractivity contribution in [2.45, 2.75) is 50.5 Å². The molecule has 2 aromatic rings. The molecule has 0 aromatic carbocycles. The highest BCUT2D eigenvalue weighted by molar-refractivity contribution is 6.07. The first-order valence-corrected chi connectivity index (χ1v) is 8.85. The van der Waals surface area contributed by atoms with Crippen LogP contribution in [-0.4, -0.2) is 45.9 Å². The Morgan fingerprint density at radius 1 is 1.38 bits per heavy atom. The average molecular weight is 359 g/mol. The van der Waals surface area contributed by atoms with Crippen molar-refractivity contribution in [1.82, 2.24) is 15.5 Å². The Morgan fingerprint density at radius 2 is 2.15 bits per heavy atom. The number of aromatic nitrogens is 2. The number of hydrogen-bond donors (Lipinski definition) is 2. The molecule has 8 nitrogen and oxygen atoms in total. The van der Waals surface area contributed by atoms with Crippen LogP contribution in [0, 0.1) is 0 Å². The van der Waals surface area contributed by atoms with Gasteiger partial charge in [0.15, 0.2) is 5.54 Å². The van der Waals surface area contributed by atoms with Crippen LogP contribution in [0.15, 0.2) is 10.6 Å². The number of nitrogens with one attached hydrogen (secondary N) is 1. The molecule has 1 aliphatic carbocycles. The predicted molar refractivity (Wildman–Crippen MR) is 91.1 cm³/mol. The van der Waals surface area contributed by atoms with Crippen molar-refractivity contribution in [3.63, 3.8) is 0 Å². The molecular weight excluding hydrogens is 338 g/mol. The summed E-state index contributed by atoms with van der Waals surface area (Å²) in [5.41, 5.74) is 0.736. The Bertz CT molecular complexity index is 878. The minimum Gasteiger partial charge on any atom is -0.479 e. The molecule has 1 atom stereocenters. The number of carbonyl (C=O) groups is 2. The van der Waals surface area contributed by atoms with Crippen LogP contribution in [0.25, 0.3) is 11.1 Å². The molecule has 26 heavy (non-hydrogen) atoms. The van der Waals surface area contributed by atoms with Crippen molar-refractivity contribution in [2.24, 2.45) is 0 Å². The maximum Gasteiger partial charge on any atom is 0.331 e. The maximum atomic E-state index is 13.1. The molecule has 1 saturated heterocycles. The quantitative estimate of drug-likeness (QED) is 0.841. The van der Waals surface area contributed by atoms with Gasteiger partial charge in [0.05, 0.1) is 23.3 Å². The van der Waals surface area contributed by atoms with Gasteiger partial charge in [-0.15, -0.1) is 0 Å². The van der Waals surface area contributed by atoms with Crippen LogP contribution in [-0.2, 0) is 9.53 Å². The monoisotopic (exact) mass is 359 g/mol. The number of hydrogen-bond acceptors (Lipinski definition) is 6. The summed E-state index contributed by atoms with van der Waals surface area (Å²) in [6, 6.07) is 1.75. The Morgan fingerprint density at radius 3 is 2.73 bits per heavy atom. The second-order valence-electron chi connectivity index (χ2n) is 7.42. The first-order valence-electron chi connectivity index (χ1n) is 8.85. The lowest BCUT2D eigenvalue weighted by Crippen LogP contribution is -2.55. The van der Waals surface area contributed by atoms with Crippen LogP contribution in [0.2, 0.25) is 0 Å². The molecule has 138 valence electrons. The lowest BCUT2D eigenvalue weighted by Gasteiger charge is -2.24. The van der Waals surface area contributed by atoms with E-state index in [1.54, 1.807) is 6.07 Å². The van der Waals surface area contributed by atoms with Gasteiger partial charge in [0.1, 0.15) is 0 Å². The molecular formula is C18H21N3O5. The topological polar surface area (TPSA) is 115 Å². The first-order chi connectivity index (χ1) is 12.4. The van der Waals surface area contributed by atoms with Crippen LogP contribution in [0.1, 0.15) is 66.7 Å². The Labute approximate surface area is 149 Å². The Balaban J connectivity index is 1.79. The highest BCUT2D eigenvalue weighted by Crippen LogP contribution is 2.41. The standard InChI is InChI=1S/C18H21N3O5/c1-9(2)14-13-11(7-12(10-3-4-10)19-16(13)26-21-14)15(22)20-18(17(23)24)5-6-25-8-18/h7,9-10H,3-6,8H2,1-2H3,(H,20,22)(H,23,24). The van der Waals surface area contributed by atoms with Crippen molar-refractivity contribution in [3.8, 4) is 0 Å². The molecule has 0 bridgehead atoms. The predicted octanol–water partition coefficient (Wildman–Crippen LogP) is 2.20. The normalized spacial score (nSPS) is 22.9. The third-order valence-corrected chi connectivity index (χ3v) is 5.06. The first kappa shape index (κ1) is 17.0. The van der Waals surface area contributed by atoms with Crippen LogP contribution in [0.3, 0.4) is 0 Å². The smallest absolute Gasteiger partial charge is 0.331 e. The zero-order valence-electron chi connectivity index (χ0n) is 14.7. The third-order valence-electron chi connectivity index (χ3n) is 5.06. The molecule has 2 aliphatic rings. The van der Waals surface area contributed by atoms with Crippen molar-refractivity contribution in [2.75, 3.05) is 13.2 Å². The van der Waals surface area contributed by atoms with E-state index in [-0.39, 0.29) is 18.9 Å². The summed E-state index contributed by atoms with van der Waals surface area (Å²) in [4.78, 5) is 29.3. The van der Waals surface area contributed by atoms with Gasteiger partial charge in [-0.3, -0.25) is 4.79 Å². The number of carboxylic acids is 1. The van der Waals surface area contributed by atoms with E-state index in [0.717, 1.165) is 18.5 Å². The summed E-state index contributed by atoms with van der Waals surface area (Å²) in [6.45, 7) is 4.17. The minimum atomic E-state index is -1.40. The molecule has 4 rings (SSSR count). The van der Waals surface area contributed by atoms with Crippen LogP contribution in [0.4, 0.5) is 0 Å². The third kappa shape index (κ3) is 2.74. The van der Waals surface area contributed by atoms with Crippen molar-refractivity contribution < 1.29 is 24.0 Å². The molecule has 3 heterocycles. The Kier molecular flexibility index (Phi) is 3.95. The molecule has 8 heteroatoms. The van der Waals surface area contributed by atoms with Gasteiger partial charge < -0.3 is 19.7 Å². The number of nitrogens with zero attached hydrogens (tertiary/aromatic N) is 2. The fraction of sp³-hybridized carbons (Fsp3) is 0.556. The summed E-state index contributed by atoms with van der Waals surface area (Å²) >= 11 is 0. The van der Waals surface area contributed by atoms with E-state index in [9.17, 15) is 14.7 Å². The molecule has 1 amide bonds. The summed E-state index contributed by atoms with van der Waals surface area (Å²) < 4.78 is 10.6. The van der Waals surface area contributed by atoms with E-state index >= 15 is 0 Å². The number of pyridine rings is 1. The highest BCUT2D eigenvalue weighted by atomic mass is 16.5. The van der Waals surface area contributed by atoms with Gasteiger partial charge >= 0.3 is 5.97 Å². The fourth-order valence-corrected chi connectivity index (χ4v) is 3.32. The Hall–Kier alpha value is -2.48. The molecule has 2 aromatic heterocycles. The summed E-state index contributed by atoms with van der Waals surface area (Å²) in [6.07, 6.45) is 2.29. The van der Waals surface area contributed by atoms with E-state index in [0.29, 0.717) is 34.9 Å². The van der Waals surface area contributed by atoms with Crippen LogP contribution >= 0.6 is 0 Å². The van der Waals surface area contributed by atoms with Gasteiger partial charge in [-0.05, 0) is 24.8 Å². The van der Waals surface area contributed by atoms with Crippen molar-refractivity contribution in [1.29, 1.82) is 0 Å². The number of amides is 1. The number of aliphatic carboxylic acids is 1. The fourth-order valence-electron chi connectivity index (χ4n) is 3.32. The van der Waals surface area contributed by atoms with E-state index in [4.69, 9.17) is 9.26 Å². The van der Waals surface area contributed by atoms with Gasteiger partial charge in [0, 0.05) is 24.6 Å². The lowest BCUT2D eigenvalue weighted by molar-refractivity contribution is -0.144. The molecule has 2 N–H and O–H groups in total. The summed E-state index contributed by atoms with van der Waals surface area (Å²) in [7, 11) is 0. The molecule has 1 saturated carbocycles. The second-order valence-corrected chi connectivity index (χ2v) is 7.42. The van der Waals surface area contributed by atoms with Gasteiger partial charge in [0.2, 0.25) is 0 Å². The summed E-state index contributed by atoms with van der Waals surface area (Å²) in [5.74, 6) is -1.19. The molecule has 2 fully saturated rings. The van der Waals surface area contributed by atoms with E-state index in [2.05, 4.69) is 15.5 Å². The molecule has 1 aliphatic heterocycles. The largest absolute Gasteiger partial charge is 0.479 e. The SMILES string of the molecule is CC(C)c1noc2nc(C3CC3)cc(C(=O)NC3(C(=O)O)CCOC3)c12. The number of fused-ring (bicyclic) bond motifs is 1. The number of ether oxygens (including phenoxy) is 1. The van der Waals surface area contributed by atoms with E-state index < -0.39 is 17.4 Å². The number of carbonyl (C=O) groups excluding carboxylic acids is 1. The molecule has 0 radical (unpaired) electrons. The maximum absolute atomic E-state index is 13.1. The molecule has 1 unspecified atom stereocenters. The summed E-state index contributed by atoms with van der Waals surface area (Å²) in [5, 5.41) is 16.9. The van der Waals surface area contributed by atoms with E-state index in [1.165, 1.54) is 0 Å². The highest BCUT2D eigenvalue weighted by Gasteiger charge is 2.44. The van der Waals surface area contributed by atoms with Crippen LogP contribution < -0.4 is 5.32 Å². The van der Waals surface area contributed by atoms with Crippen molar-refractivity contribution >= 4 is 23.0 Å². The van der Waals surface area contributed by atoms with Gasteiger partial charge in [-0.25, -0.2) is 9.78 Å². The number of carboxylic acid groups (broad SMARTS) is 1. The van der Waals surface area contributed by atoms with Gasteiger partial charge in [0.25, 0.3) is 11.6 Å². The minimum absolute atomic E-state index is 0.0413. The van der Waals surface area contributed by atoms with Gasteiger partial charge in [-0.1, -0.05) is 19.0 Å². The van der Waals surface area contributed by atoms with Crippen molar-refractivity contribution in [3.05, 3.63) is 23.0 Å². The van der Waals surface area contributed by atoms with E-state index in [1.807, 2.05) is 13.8 Å². The molecule has 0 spiro atoms. The zero-order chi connectivity index (χ0) is 18.5. The number of rotatable bonds is 5. The van der Waals surface area contributed by atoms with Gasteiger partial charge in [-0.2, -0.15) is 0 Å². The zero-order valence-corrected chi connectivity index (χ0v) is 14.7. The second kappa shape index (κ2) is 6.05. The lowest BCUT2D eigenvalue weighted by atomic mass is 9.96. The average Bonchev–Trinajstić information content (AvgIpc) is 3.18.